The molecule has 1 heterocycles. The minimum absolute atomic E-state index is 0.0909. The number of benzene rings is 2. The second-order valence-corrected chi connectivity index (χ2v) is 7.73. The van der Waals surface area contributed by atoms with Gasteiger partial charge in [-0.2, -0.15) is 0 Å². The zero-order valence-corrected chi connectivity index (χ0v) is 18.0. The lowest BCUT2D eigenvalue weighted by Crippen LogP contribution is -2.18. The lowest BCUT2D eigenvalue weighted by atomic mass is 10.1. The molecule has 5 heteroatoms. The van der Waals surface area contributed by atoms with E-state index in [1.807, 2.05) is 48.5 Å². The van der Waals surface area contributed by atoms with Crippen LogP contribution in [0, 0.1) is 0 Å². The normalized spacial score (nSPS) is 12.0. The molecule has 158 valence electrons. The van der Waals surface area contributed by atoms with Crippen molar-refractivity contribution in [3.8, 4) is 5.75 Å². The molecule has 0 bridgehead atoms. The number of fused-ring (bicyclic) bond motifs is 3. The molecule has 0 aliphatic rings. The average Bonchev–Trinajstić information content (AvgIpc) is 2.99. The first-order valence-corrected chi connectivity index (χ1v) is 10.6. The molecule has 3 aromatic carbocycles. The second kappa shape index (κ2) is 9.58. The van der Waals surface area contributed by atoms with Gasteiger partial charge in [-0.15, -0.1) is 0 Å². The third-order valence-electron chi connectivity index (χ3n) is 5.22. The molecule has 0 aliphatic carbocycles. The molecule has 0 unspecified atom stereocenters. The van der Waals surface area contributed by atoms with Gasteiger partial charge in [0.25, 0.3) is 5.91 Å². The maximum atomic E-state index is 12.3. The van der Waals surface area contributed by atoms with Crippen LogP contribution in [0.1, 0.15) is 18.9 Å². The number of aromatic nitrogens is 1. The van der Waals surface area contributed by atoms with Gasteiger partial charge in [0.15, 0.2) is 6.61 Å². The van der Waals surface area contributed by atoms with E-state index in [1.165, 1.54) is 10.9 Å². The van der Waals surface area contributed by atoms with E-state index in [0.717, 1.165) is 35.9 Å². The van der Waals surface area contributed by atoms with Crippen molar-refractivity contribution in [3.05, 3.63) is 83.7 Å². The number of ether oxygens (including phenoxy) is 1. The minimum atomic E-state index is -0.318. The molecule has 1 N–H and O–H groups in total. The number of nitrogens with one attached hydrogen (secondary N) is 1. The number of rotatable bonds is 7. The van der Waals surface area contributed by atoms with Crippen molar-refractivity contribution < 1.29 is 9.53 Å². The Morgan fingerprint density at radius 1 is 1.00 bits per heavy atom. The Labute approximate surface area is 182 Å². The predicted octanol–water partition coefficient (Wildman–Crippen LogP) is 4.67. The van der Waals surface area contributed by atoms with E-state index in [-0.39, 0.29) is 12.5 Å². The number of hydrogen-bond acceptors (Lipinski definition) is 3. The molecule has 4 aromatic rings. The number of aromatic amines is 1. The monoisotopic (exact) mass is 413 g/mol. The van der Waals surface area contributed by atoms with Crippen LogP contribution in [0.15, 0.2) is 77.8 Å². The van der Waals surface area contributed by atoms with Gasteiger partial charge in [0.05, 0.1) is 10.9 Å². The third-order valence-corrected chi connectivity index (χ3v) is 5.22. The number of para-hydroxylation sites is 2. The molecular weight excluding hydrogens is 386 g/mol. The molecule has 1 amide bonds. The number of carbonyl (C=O) groups is 1. The van der Waals surface area contributed by atoms with Gasteiger partial charge in [-0.25, -0.2) is 4.99 Å². The standard InChI is InChI=1S/C26H27N3O2/c1-3-15-29(2)17-19-9-7-14-23-22-13-8-10-20(16-24(22)28-26(19)23)27-25(30)18-31-21-11-5-4-6-12-21/h4-14,16,28H,3,15,17-18H2,1-2H3. The molecule has 0 saturated carbocycles. The van der Waals surface area contributed by atoms with Crippen molar-refractivity contribution in [1.29, 1.82) is 0 Å². The summed E-state index contributed by atoms with van der Waals surface area (Å²) in [5, 5.41) is 2.90. The summed E-state index contributed by atoms with van der Waals surface area (Å²) in [6.45, 7) is 4.04. The van der Waals surface area contributed by atoms with E-state index in [9.17, 15) is 4.79 Å². The van der Waals surface area contributed by atoms with Gasteiger partial charge < -0.3 is 14.6 Å². The highest BCUT2D eigenvalue weighted by molar-refractivity contribution is 6.07. The third kappa shape index (κ3) is 5.01. The molecule has 4 rings (SSSR count). The first-order valence-electron chi connectivity index (χ1n) is 10.6. The first-order chi connectivity index (χ1) is 15.1. The van der Waals surface area contributed by atoms with E-state index < -0.39 is 0 Å². The fraction of sp³-hybridized carbons (Fsp3) is 0.231. The van der Waals surface area contributed by atoms with Crippen LogP contribution < -0.4 is 10.1 Å². The number of H-pyrrole nitrogens is 1. The Hall–Kier alpha value is -3.44. The number of carbonyl (C=O) groups excluding carboxylic acids is 1. The fourth-order valence-electron chi connectivity index (χ4n) is 3.84. The summed E-state index contributed by atoms with van der Waals surface area (Å²) in [7, 11) is 2.14. The molecule has 31 heavy (non-hydrogen) atoms. The summed E-state index contributed by atoms with van der Waals surface area (Å²) >= 11 is 0. The topological polar surface area (TPSA) is 57.7 Å². The summed E-state index contributed by atoms with van der Waals surface area (Å²) in [6.07, 6.45) is 1.13. The maximum Gasteiger partial charge on any atom is 0.284 e. The summed E-state index contributed by atoms with van der Waals surface area (Å²) in [6, 6.07) is 23.5. The fourth-order valence-corrected chi connectivity index (χ4v) is 3.84. The molecule has 0 radical (unpaired) electrons. The highest BCUT2D eigenvalue weighted by atomic mass is 16.5. The van der Waals surface area contributed by atoms with E-state index >= 15 is 0 Å². The SMILES string of the molecule is CCCN(C)Cc1cccc2c1[nH]c1cc(=NC(=O)COc3ccccc3)cccc12. The Kier molecular flexibility index (Phi) is 6.43. The molecule has 0 aliphatic heterocycles. The van der Waals surface area contributed by atoms with Gasteiger partial charge in [0.1, 0.15) is 5.75 Å². The highest BCUT2D eigenvalue weighted by Gasteiger charge is 2.09. The lowest BCUT2D eigenvalue weighted by molar-refractivity contribution is -0.120. The van der Waals surface area contributed by atoms with Crippen LogP contribution in [0.5, 0.6) is 5.75 Å². The molecule has 0 atom stereocenters. The molecule has 1 aromatic heterocycles. The summed E-state index contributed by atoms with van der Waals surface area (Å²) in [4.78, 5) is 22.4. The predicted molar refractivity (Wildman–Crippen MR) is 125 cm³/mol. The van der Waals surface area contributed by atoms with E-state index in [2.05, 4.69) is 53.1 Å². The van der Waals surface area contributed by atoms with Crippen LogP contribution in [0.4, 0.5) is 0 Å². The largest absolute Gasteiger partial charge is 0.484 e. The van der Waals surface area contributed by atoms with E-state index in [0.29, 0.717) is 11.1 Å². The van der Waals surface area contributed by atoms with Gasteiger partial charge in [0.2, 0.25) is 0 Å². The van der Waals surface area contributed by atoms with E-state index in [1.54, 1.807) is 0 Å². The Bertz CT molecular complexity index is 1260. The zero-order chi connectivity index (χ0) is 21.6. The van der Waals surface area contributed by atoms with Crippen LogP contribution in [0.2, 0.25) is 0 Å². The van der Waals surface area contributed by atoms with Crippen LogP contribution in [-0.4, -0.2) is 36.0 Å². The second-order valence-electron chi connectivity index (χ2n) is 7.73. The summed E-state index contributed by atoms with van der Waals surface area (Å²) in [5.41, 5.74) is 3.36. The Morgan fingerprint density at radius 2 is 1.77 bits per heavy atom. The van der Waals surface area contributed by atoms with Crippen LogP contribution in [0.25, 0.3) is 21.8 Å². The number of nitrogens with zero attached hydrogens (tertiary/aromatic N) is 2. The van der Waals surface area contributed by atoms with Crippen molar-refractivity contribution in [2.45, 2.75) is 19.9 Å². The van der Waals surface area contributed by atoms with Gasteiger partial charge in [-0.3, -0.25) is 4.79 Å². The minimum Gasteiger partial charge on any atom is -0.484 e. The number of amides is 1. The van der Waals surface area contributed by atoms with Gasteiger partial charge in [-0.05, 0) is 49.8 Å². The zero-order valence-electron chi connectivity index (χ0n) is 18.0. The Balaban J connectivity index is 1.65. The molecule has 0 fully saturated rings. The maximum absolute atomic E-state index is 12.3. The molecule has 0 saturated heterocycles. The summed E-state index contributed by atoms with van der Waals surface area (Å²) in [5.74, 6) is 0.337. The summed E-state index contributed by atoms with van der Waals surface area (Å²) < 4.78 is 5.52. The van der Waals surface area contributed by atoms with Crippen LogP contribution >= 0.6 is 0 Å². The van der Waals surface area contributed by atoms with Crippen LogP contribution in [-0.2, 0) is 11.3 Å². The average molecular weight is 414 g/mol. The van der Waals surface area contributed by atoms with Gasteiger partial charge in [-0.1, -0.05) is 55.5 Å². The smallest absolute Gasteiger partial charge is 0.284 e. The van der Waals surface area contributed by atoms with Crippen molar-refractivity contribution in [2.24, 2.45) is 4.99 Å². The Morgan fingerprint density at radius 3 is 2.58 bits per heavy atom. The van der Waals surface area contributed by atoms with Crippen molar-refractivity contribution >= 4 is 27.7 Å². The van der Waals surface area contributed by atoms with Crippen molar-refractivity contribution in [1.82, 2.24) is 9.88 Å². The highest BCUT2D eigenvalue weighted by Crippen LogP contribution is 2.27. The molecule has 0 spiro atoms. The molecular formula is C26H27N3O2. The molecule has 5 nitrogen and oxygen atoms in total. The van der Waals surface area contributed by atoms with Crippen molar-refractivity contribution in [2.75, 3.05) is 20.2 Å². The quantitative estimate of drug-likeness (QED) is 0.479. The van der Waals surface area contributed by atoms with Crippen LogP contribution in [0.3, 0.4) is 0 Å². The lowest BCUT2D eigenvalue weighted by Gasteiger charge is -2.15. The first kappa shape index (κ1) is 20.8. The van der Waals surface area contributed by atoms with Gasteiger partial charge >= 0.3 is 0 Å². The van der Waals surface area contributed by atoms with Crippen molar-refractivity contribution in [3.63, 3.8) is 0 Å². The van der Waals surface area contributed by atoms with E-state index in [4.69, 9.17) is 4.74 Å². The number of hydrogen-bond donors (Lipinski definition) is 1. The van der Waals surface area contributed by atoms with Gasteiger partial charge in [0, 0.05) is 22.8 Å².